The maximum absolute atomic E-state index is 12.0. The van der Waals surface area contributed by atoms with E-state index in [1.807, 2.05) is 18.7 Å². The Hall–Kier alpha value is -0.830. The number of rotatable bonds is 3. The van der Waals surface area contributed by atoms with Crippen molar-refractivity contribution in [3.05, 3.63) is 11.1 Å². The van der Waals surface area contributed by atoms with Crippen LogP contribution in [0.3, 0.4) is 0 Å². The lowest BCUT2D eigenvalue weighted by Crippen LogP contribution is -2.41. The summed E-state index contributed by atoms with van der Waals surface area (Å²) < 4.78 is 0. The molecule has 1 rings (SSSR count). The fraction of sp³-hybridized carbons (Fsp3) is 0.727. The van der Waals surface area contributed by atoms with E-state index in [9.17, 15) is 4.79 Å². The Morgan fingerprint density at radius 2 is 2.07 bits per heavy atom. The Bertz CT molecular complexity index is 250. The molecule has 0 aromatic rings. The van der Waals surface area contributed by atoms with Gasteiger partial charge in [-0.15, -0.1) is 0 Å². The lowest BCUT2D eigenvalue weighted by Gasteiger charge is -2.28. The van der Waals surface area contributed by atoms with Crippen LogP contribution >= 0.6 is 0 Å². The van der Waals surface area contributed by atoms with Gasteiger partial charge >= 0.3 is 0 Å². The average Bonchev–Trinajstić information content (AvgIpc) is 2.01. The Kier molecular flexibility index (Phi) is 3.69. The van der Waals surface area contributed by atoms with Crippen molar-refractivity contribution in [3.63, 3.8) is 0 Å². The van der Waals surface area contributed by atoms with Crippen molar-refractivity contribution < 1.29 is 4.79 Å². The summed E-state index contributed by atoms with van der Waals surface area (Å²) in [5, 5.41) is 3.15. The van der Waals surface area contributed by atoms with Crippen LogP contribution in [0.4, 0.5) is 0 Å². The lowest BCUT2D eigenvalue weighted by atomic mass is 10.0. The third-order valence-corrected chi connectivity index (χ3v) is 2.75. The zero-order valence-electron chi connectivity index (χ0n) is 9.55. The molecule has 1 aliphatic rings. The number of hydrogen-bond donors (Lipinski definition) is 1. The molecule has 0 radical (unpaired) electrons. The molecule has 14 heavy (non-hydrogen) atoms. The normalized spacial score (nSPS) is 15.4. The molecule has 0 atom stereocenters. The van der Waals surface area contributed by atoms with Crippen LogP contribution in [-0.4, -0.2) is 36.5 Å². The minimum atomic E-state index is 0.194. The van der Waals surface area contributed by atoms with Crippen LogP contribution in [0.1, 0.15) is 27.7 Å². The van der Waals surface area contributed by atoms with Crippen LogP contribution in [0.2, 0.25) is 0 Å². The van der Waals surface area contributed by atoms with Gasteiger partial charge in [0.1, 0.15) is 0 Å². The van der Waals surface area contributed by atoms with Gasteiger partial charge in [-0.25, -0.2) is 0 Å². The number of likely N-dealkylation sites (N-methyl/N-ethyl adjacent to an activating group) is 1. The molecule has 1 heterocycles. The molecule has 0 aromatic heterocycles. The Labute approximate surface area is 86.2 Å². The first kappa shape index (κ1) is 11.2. The van der Waals surface area contributed by atoms with Crippen LogP contribution in [0.25, 0.3) is 0 Å². The van der Waals surface area contributed by atoms with E-state index in [0.717, 1.165) is 25.2 Å². The number of amides is 1. The van der Waals surface area contributed by atoms with Gasteiger partial charge in [-0.1, -0.05) is 0 Å². The molecule has 0 unspecified atom stereocenters. The van der Waals surface area contributed by atoms with E-state index >= 15 is 0 Å². The van der Waals surface area contributed by atoms with Crippen LogP contribution in [-0.2, 0) is 4.79 Å². The zero-order valence-corrected chi connectivity index (χ0v) is 9.55. The summed E-state index contributed by atoms with van der Waals surface area (Å²) in [5.74, 6) is 0.194. The van der Waals surface area contributed by atoms with E-state index in [0.29, 0.717) is 0 Å². The number of nitrogens with one attached hydrogen (secondary N) is 1. The molecule has 80 valence electrons. The monoisotopic (exact) mass is 196 g/mol. The van der Waals surface area contributed by atoms with Gasteiger partial charge in [0.15, 0.2) is 0 Å². The van der Waals surface area contributed by atoms with Crippen LogP contribution < -0.4 is 5.32 Å². The van der Waals surface area contributed by atoms with Crippen molar-refractivity contribution in [2.75, 3.05) is 19.6 Å². The Balaban J connectivity index is 2.72. The summed E-state index contributed by atoms with van der Waals surface area (Å²) in [6.45, 7) is 10.6. The SMILES string of the molecule is CCN(C(=O)C(C)=C1CNC1)C(C)C. The van der Waals surface area contributed by atoms with E-state index in [-0.39, 0.29) is 11.9 Å². The van der Waals surface area contributed by atoms with Crippen LogP contribution in [0.5, 0.6) is 0 Å². The van der Waals surface area contributed by atoms with Crippen molar-refractivity contribution in [3.8, 4) is 0 Å². The third kappa shape index (κ3) is 2.15. The van der Waals surface area contributed by atoms with Gasteiger partial charge in [-0.2, -0.15) is 0 Å². The highest BCUT2D eigenvalue weighted by atomic mass is 16.2. The molecule has 1 saturated heterocycles. The molecule has 0 spiro atoms. The fourth-order valence-corrected chi connectivity index (χ4v) is 1.63. The average molecular weight is 196 g/mol. The van der Waals surface area contributed by atoms with Gasteiger partial charge in [0.25, 0.3) is 0 Å². The van der Waals surface area contributed by atoms with Crippen molar-refractivity contribution in [2.45, 2.75) is 33.7 Å². The van der Waals surface area contributed by atoms with E-state index in [1.165, 1.54) is 5.57 Å². The molecule has 3 nitrogen and oxygen atoms in total. The van der Waals surface area contributed by atoms with Crippen molar-refractivity contribution in [2.24, 2.45) is 0 Å². The number of nitrogens with zero attached hydrogens (tertiary/aromatic N) is 1. The summed E-state index contributed by atoms with van der Waals surface area (Å²) in [5.41, 5.74) is 2.19. The molecule has 0 saturated carbocycles. The van der Waals surface area contributed by atoms with Crippen LogP contribution in [0.15, 0.2) is 11.1 Å². The quantitative estimate of drug-likeness (QED) is 0.687. The van der Waals surface area contributed by atoms with E-state index in [2.05, 4.69) is 19.2 Å². The predicted octanol–water partition coefficient (Wildman–Crippen LogP) is 1.16. The predicted molar refractivity (Wildman–Crippen MR) is 58.1 cm³/mol. The topological polar surface area (TPSA) is 32.3 Å². The van der Waals surface area contributed by atoms with Gasteiger partial charge in [0, 0.05) is 31.2 Å². The molecule has 1 aliphatic heterocycles. The first-order chi connectivity index (χ1) is 6.57. The fourth-order valence-electron chi connectivity index (χ4n) is 1.63. The summed E-state index contributed by atoms with van der Waals surface area (Å²) in [6, 6.07) is 0.288. The number of carbonyl (C=O) groups excluding carboxylic acids is 1. The second kappa shape index (κ2) is 4.60. The zero-order chi connectivity index (χ0) is 10.7. The number of hydrogen-bond acceptors (Lipinski definition) is 2. The molecule has 3 heteroatoms. The standard InChI is InChI=1S/C11H20N2O/c1-5-13(8(2)3)11(14)9(4)10-6-12-7-10/h8,12H,5-7H2,1-4H3. The second-order valence-electron chi connectivity index (χ2n) is 4.02. The molecule has 1 N–H and O–H groups in total. The molecular weight excluding hydrogens is 176 g/mol. The molecular formula is C11H20N2O. The van der Waals surface area contributed by atoms with E-state index < -0.39 is 0 Å². The minimum Gasteiger partial charge on any atom is -0.337 e. The maximum Gasteiger partial charge on any atom is 0.249 e. The minimum absolute atomic E-state index is 0.194. The van der Waals surface area contributed by atoms with Gasteiger partial charge in [-0.05, 0) is 33.3 Å². The Morgan fingerprint density at radius 3 is 2.36 bits per heavy atom. The summed E-state index contributed by atoms with van der Waals surface area (Å²) in [6.07, 6.45) is 0. The first-order valence-corrected chi connectivity index (χ1v) is 5.28. The van der Waals surface area contributed by atoms with Gasteiger partial charge in [0.2, 0.25) is 5.91 Å². The largest absolute Gasteiger partial charge is 0.337 e. The highest BCUT2D eigenvalue weighted by Gasteiger charge is 2.21. The molecule has 1 fully saturated rings. The summed E-state index contributed by atoms with van der Waals surface area (Å²) >= 11 is 0. The highest BCUT2D eigenvalue weighted by Crippen LogP contribution is 2.13. The van der Waals surface area contributed by atoms with E-state index in [4.69, 9.17) is 0 Å². The first-order valence-electron chi connectivity index (χ1n) is 5.28. The van der Waals surface area contributed by atoms with Gasteiger partial charge < -0.3 is 10.2 Å². The highest BCUT2D eigenvalue weighted by molar-refractivity contribution is 5.94. The van der Waals surface area contributed by atoms with Crippen LogP contribution in [0, 0.1) is 0 Å². The molecule has 0 aliphatic carbocycles. The second-order valence-corrected chi connectivity index (χ2v) is 4.02. The maximum atomic E-state index is 12.0. The lowest BCUT2D eigenvalue weighted by molar-refractivity contribution is -0.128. The van der Waals surface area contributed by atoms with Crippen molar-refractivity contribution >= 4 is 5.91 Å². The van der Waals surface area contributed by atoms with Crippen molar-refractivity contribution in [1.29, 1.82) is 0 Å². The third-order valence-electron chi connectivity index (χ3n) is 2.75. The summed E-state index contributed by atoms with van der Waals surface area (Å²) in [7, 11) is 0. The van der Waals surface area contributed by atoms with Crippen molar-refractivity contribution in [1.82, 2.24) is 10.2 Å². The number of carbonyl (C=O) groups is 1. The smallest absolute Gasteiger partial charge is 0.249 e. The van der Waals surface area contributed by atoms with Gasteiger partial charge in [0.05, 0.1) is 0 Å². The molecule has 1 amide bonds. The Morgan fingerprint density at radius 1 is 1.50 bits per heavy atom. The molecule has 0 aromatic carbocycles. The van der Waals surface area contributed by atoms with Gasteiger partial charge in [-0.3, -0.25) is 4.79 Å². The van der Waals surface area contributed by atoms with E-state index in [1.54, 1.807) is 0 Å². The summed E-state index contributed by atoms with van der Waals surface area (Å²) in [4.78, 5) is 13.9. The molecule has 0 bridgehead atoms.